The Labute approximate surface area is 84.0 Å². The van der Waals surface area contributed by atoms with Crippen molar-refractivity contribution in [3.63, 3.8) is 0 Å². The largest absolute Gasteiger partial charge is 0.481 e. The van der Waals surface area contributed by atoms with Crippen LogP contribution < -0.4 is 0 Å². The number of halogens is 7. The van der Waals surface area contributed by atoms with E-state index in [-0.39, 0.29) is 0 Å². The predicted molar refractivity (Wildman–Crippen MR) is 35.3 cm³/mol. The van der Waals surface area contributed by atoms with E-state index in [0.717, 1.165) is 0 Å². The molecule has 1 atom stereocenters. The highest BCUT2D eigenvalue weighted by Gasteiger charge is 2.80. The third-order valence-corrected chi connectivity index (χ3v) is 2.45. The van der Waals surface area contributed by atoms with Crippen molar-refractivity contribution in [1.29, 1.82) is 0 Å². The van der Waals surface area contributed by atoms with Gasteiger partial charge in [-0.3, -0.25) is 4.79 Å². The number of rotatable bonds is 3. The zero-order valence-electron chi connectivity index (χ0n) is 7.42. The molecule has 0 radical (unpaired) electrons. The lowest BCUT2D eigenvalue weighted by Gasteiger charge is -2.22. The van der Waals surface area contributed by atoms with Crippen LogP contribution in [0.1, 0.15) is 12.8 Å². The molecule has 1 fully saturated rings. The maximum atomic E-state index is 12.5. The zero-order chi connectivity index (χ0) is 13.0. The van der Waals surface area contributed by atoms with Gasteiger partial charge in [0.2, 0.25) is 0 Å². The molecule has 0 bridgehead atoms. The molecule has 0 aromatic carbocycles. The number of carbonyl (C=O) groups is 1. The fourth-order valence-electron chi connectivity index (χ4n) is 1.31. The van der Waals surface area contributed by atoms with E-state index in [9.17, 15) is 35.5 Å². The fourth-order valence-corrected chi connectivity index (χ4v) is 1.31. The molecule has 2 nitrogen and oxygen atoms in total. The molecule has 1 saturated carbocycles. The van der Waals surface area contributed by atoms with Crippen molar-refractivity contribution >= 4 is 5.97 Å². The van der Waals surface area contributed by atoms with Gasteiger partial charge in [-0.2, -0.15) is 22.0 Å². The van der Waals surface area contributed by atoms with Crippen LogP contribution in [0.3, 0.4) is 0 Å². The maximum absolute atomic E-state index is 12.5. The molecule has 1 rings (SSSR count). The second-order valence-electron chi connectivity index (χ2n) is 3.65. The van der Waals surface area contributed by atoms with E-state index in [2.05, 4.69) is 0 Å². The topological polar surface area (TPSA) is 37.3 Å². The van der Waals surface area contributed by atoms with Crippen molar-refractivity contribution in [3.05, 3.63) is 0 Å². The Kier molecular flexibility index (Phi) is 2.45. The van der Waals surface area contributed by atoms with E-state index in [0.29, 0.717) is 0 Å². The van der Waals surface area contributed by atoms with Gasteiger partial charge in [0, 0.05) is 12.8 Å². The summed E-state index contributed by atoms with van der Waals surface area (Å²) in [7, 11) is 0. The SMILES string of the molecule is O=C(O)C1(CC(F)(F)C(F)(F)F)CC1(F)F. The molecular weight excluding hydrogens is 249 g/mol. The number of carboxylic acid groups (broad SMARTS) is 1. The van der Waals surface area contributed by atoms with Crippen LogP contribution in [0.4, 0.5) is 30.7 Å². The number of carboxylic acids is 1. The van der Waals surface area contributed by atoms with Crippen molar-refractivity contribution in [2.24, 2.45) is 5.41 Å². The van der Waals surface area contributed by atoms with Gasteiger partial charge in [0.1, 0.15) is 5.41 Å². The van der Waals surface area contributed by atoms with Crippen molar-refractivity contribution in [1.82, 2.24) is 0 Å². The summed E-state index contributed by atoms with van der Waals surface area (Å²) in [5.41, 5.74) is -3.30. The minimum absolute atomic E-state index is 1.50. The van der Waals surface area contributed by atoms with Gasteiger partial charge in [0.15, 0.2) is 0 Å². The molecule has 16 heavy (non-hydrogen) atoms. The number of hydrogen-bond donors (Lipinski definition) is 1. The van der Waals surface area contributed by atoms with Gasteiger partial charge in [0.25, 0.3) is 5.92 Å². The van der Waals surface area contributed by atoms with Crippen LogP contribution >= 0.6 is 0 Å². The standard InChI is InChI=1S/C7H5F7O2/c8-5(9)1-4(5,3(15)16)2-6(10,11)7(12,13)14/h1-2H2,(H,15,16). The highest BCUT2D eigenvalue weighted by molar-refractivity contribution is 5.80. The number of alkyl halides is 7. The Morgan fingerprint density at radius 2 is 1.56 bits per heavy atom. The summed E-state index contributed by atoms with van der Waals surface area (Å²) in [5.74, 6) is -11.8. The average molecular weight is 254 g/mol. The van der Waals surface area contributed by atoms with E-state index in [4.69, 9.17) is 5.11 Å². The van der Waals surface area contributed by atoms with Crippen molar-refractivity contribution in [2.75, 3.05) is 0 Å². The summed E-state index contributed by atoms with van der Waals surface area (Å²) in [6, 6.07) is 0. The third kappa shape index (κ3) is 1.71. The van der Waals surface area contributed by atoms with Gasteiger partial charge in [-0.25, -0.2) is 8.78 Å². The highest BCUT2D eigenvalue weighted by atomic mass is 19.4. The molecule has 1 aliphatic rings. The maximum Gasteiger partial charge on any atom is 0.453 e. The predicted octanol–water partition coefficient (Wildman–Crippen LogP) is 2.68. The number of hydrogen-bond acceptors (Lipinski definition) is 1. The summed E-state index contributed by atoms with van der Waals surface area (Å²) in [5, 5.41) is 8.29. The van der Waals surface area contributed by atoms with Gasteiger partial charge < -0.3 is 5.11 Å². The fraction of sp³-hybridized carbons (Fsp3) is 0.857. The van der Waals surface area contributed by atoms with Gasteiger partial charge in [-0.15, -0.1) is 0 Å². The van der Waals surface area contributed by atoms with E-state index < -0.39 is 42.2 Å². The normalized spacial score (nSPS) is 28.9. The monoisotopic (exact) mass is 254 g/mol. The van der Waals surface area contributed by atoms with E-state index >= 15 is 0 Å². The van der Waals surface area contributed by atoms with Crippen molar-refractivity contribution < 1.29 is 40.6 Å². The van der Waals surface area contributed by atoms with Gasteiger partial charge in [-0.1, -0.05) is 0 Å². The minimum atomic E-state index is -6.03. The molecule has 0 heterocycles. The Hall–Kier alpha value is -1.02. The van der Waals surface area contributed by atoms with E-state index in [1.807, 2.05) is 0 Å². The average Bonchev–Trinajstić information content (AvgIpc) is 2.50. The third-order valence-electron chi connectivity index (χ3n) is 2.45. The summed E-state index contributed by atoms with van der Waals surface area (Å²) in [6.07, 6.45) is -9.97. The smallest absolute Gasteiger partial charge is 0.453 e. The molecule has 94 valence electrons. The summed E-state index contributed by atoms with van der Waals surface area (Å²) in [4.78, 5) is 10.3. The van der Waals surface area contributed by atoms with Crippen LogP contribution in [0, 0.1) is 5.41 Å². The van der Waals surface area contributed by atoms with Crippen molar-refractivity contribution in [3.8, 4) is 0 Å². The van der Waals surface area contributed by atoms with Crippen LogP contribution in [0.2, 0.25) is 0 Å². The molecule has 0 aliphatic heterocycles. The Balaban J connectivity index is 2.94. The van der Waals surface area contributed by atoms with Gasteiger partial charge in [0.05, 0.1) is 0 Å². The zero-order valence-corrected chi connectivity index (χ0v) is 7.42. The first kappa shape index (κ1) is 13.0. The highest BCUT2D eigenvalue weighted by Crippen LogP contribution is 2.66. The molecule has 1 unspecified atom stereocenters. The molecule has 0 amide bonds. The Morgan fingerprint density at radius 1 is 1.19 bits per heavy atom. The first-order valence-corrected chi connectivity index (χ1v) is 3.91. The molecule has 1 aliphatic carbocycles. The summed E-state index contributed by atoms with van der Waals surface area (Å²) in [6.45, 7) is 0. The lowest BCUT2D eigenvalue weighted by atomic mass is 9.97. The van der Waals surface area contributed by atoms with E-state index in [1.54, 1.807) is 0 Å². The van der Waals surface area contributed by atoms with Crippen LogP contribution in [-0.4, -0.2) is 29.1 Å². The molecule has 0 aromatic heterocycles. The molecule has 1 N–H and O–H groups in total. The van der Waals surface area contributed by atoms with Crippen LogP contribution in [0.5, 0.6) is 0 Å². The molecular formula is C7H5F7O2. The summed E-state index contributed by atoms with van der Waals surface area (Å²) < 4.78 is 85.1. The first-order chi connectivity index (χ1) is 6.86. The first-order valence-electron chi connectivity index (χ1n) is 3.91. The molecule has 0 spiro atoms. The quantitative estimate of drug-likeness (QED) is 0.786. The second kappa shape index (κ2) is 3.01. The summed E-state index contributed by atoms with van der Waals surface area (Å²) >= 11 is 0. The lowest BCUT2D eigenvalue weighted by molar-refractivity contribution is -0.290. The van der Waals surface area contributed by atoms with Gasteiger partial charge in [-0.05, 0) is 0 Å². The Morgan fingerprint density at radius 3 is 1.75 bits per heavy atom. The van der Waals surface area contributed by atoms with Crippen LogP contribution in [0.25, 0.3) is 0 Å². The van der Waals surface area contributed by atoms with Gasteiger partial charge >= 0.3 is 18.1 Å². The molecule has 0 saturated heterocycles. The van der Waals surface area contributed by atoms with E-state index in [1.165, 1.54) is 0 Å². The van der Waals surface area contributed by atoms with Crippen LogP contribution in [-0.2, 0) is 4.79 Å². The second-order valence-corrected chi connectivity index (χ2v) is 3.65. The Bertz CT molecular complexity index is 321. The lowest BCUT2D eigenvalue weighted by Crippen LogP contribution is -2.42. The number of aliphatic carboxylic acids is 1. The molecule has 0 aromatic rings. The van der Waals surface area contributed by atoms with Crippen LogP contribution in [0.15, 0.2) is 0 Å². The molecule has 9 heteroatoms. The van der Waals surface area contributed by atoms with Crippen molar-refractivity contribution in [2.45, 2.75) is 30.9 Å². The minimum Gasteiger partial charge on any atom is -0.481 e.